The normalized spacial score (nSPS) is 24.0. The molecular weight excluding hydrogens is 230 g/mol. The molecule has 2 unspecified atom stereocenters. The van der Waals surface area contributed by atoms with Crippen molar-refractivity contribution in [2.45, 2.75) is 45.2 Å². The number of phenols is 2. The van der Waals surface area contributed by atoms with Gasteiger partial charge in [0.1, 0.15) is 0 Å². The van der Waals surface area contributed by atoms with Crippen LogP contribution >= 0.6 is 0 Å². The zero-order valence-corrected chi connectivity index (χ0v) is 10.8. The number of benzene rings is 1. The van der Waals surface area contributed by atoms with Crippen molar-refractivity contribution in [1.29, 1.82) is 0 Å². The fourth-order valence-corrected chi connectivity index (χ4v) is 2.63. The van der Waals surface area contributed by atoms with Crippen LogP contribution < -0.4 is 0 Å². The molecule has 1 aliphatic rings. The maximum absolute atomic E-state index is 12.4. The fourth-order valence-electron chi connectivity index (χ4n) is 2.63. The summed E-state index contributed by atoms with van der Waals surface area (Å²) >= 11 is 0. The van der Waals surface area contributed by atoms with Crippen molar-refractivity contribution in [3.8, 4) is 11.5 Å². The van der Waals surface area contributed by atoms with Gasteiger partial charge in [-0.05, 0) is 51.3 Å². The molecule has 4 nitrogen and oxygen atoms in total. The summed E-state index contributed by atoms with van der Waals surface area (Å²) in [6.45, 7) is 4.10. The van der Waals surface area contributed by atoms with E-state index in [-0.39, 0.29) is 29.5 Å². The molecule has 2 atom stereocenters. The molecule has 2 rings (SSSR count). The largest absolute Gasteiger partial charge is 0.504 e. The van der Waals surface area contributed by atoms with Crippen molar-refractivity contribution < 1.29 is 15.0 Å². The van der Waals surface area contributed by atoms with Crippen molar-refractivity contribution in [3.63, 3.8) is 0 Å². The third-order valence-corrected chi connectivity index (χ3v) is 3.65. The van der Waals surface area contributed by atoms with Crippen LogP contribution in [0.1, 0.15) is 43.5 Å². The fraction of sp³-hybridized carbons (Fsp3) is 0.500. The van der Waals surface area contributed by atoms with Gasteiger partial charge in [0.05, 0.1) is 0 Å². The number of hydrogen-bond acceptors (Lipinski definition) is 3. The molecule has 1 aromatic rings. The summed E-state index contributed by atoms with van der Waals surface area (Å²) in [6, 6.07) is 4.66. The summed E-state index contributed by atoms with van der Waals surface area (Å²) in [5.74, 6) is -0.533. The van der Waals surface area contributed by atoms with E-state index in [0.29, 0.717) is 5.56 Å². The molecule has 1 aliphatic heterocycles. The second kappa shape index (κ2) is 4.88. The van der Waals surface area contributed by atoms with E-state index in [1.165, 1.54) is 12.1 Å². The first-order valence-corrected chi connectivity index (χ1v) is 6.35. The number of amides is 1. The van der Waals surface area contributed by atoms with Gasteiger partial charge in [-0.25, -0.2) is 0 Å². The van der Waals surface area contributed by atoms with Crippen molar-refractivity contribution in [3.05, 3.63) is 23.8 Å². The van der Waals surface area contributed by atoms with Crippen LogP contribution in [0.5, 0.6) is 11.5 Å². The highest BCUT2D eigenvalue weighted by Gasteiger charge is 2.29. The highest BCUT2D eigenvalue weighted by Crippen LogP contribution is 2.28. The van der Waals surface area contributed by atoms with E-state index in [4.69, 9.17) is 0 Å². The lowest BCUT2D eigenvalue weighted by atomic mass is 9.96. The van der Waals surface area contributed by atoms with Crippen molar-refractivity contribution in [2.24, 2.45) is 0 Å². The standard InChI is InChI=1S/C14H19NO3/c1-9-4-3-5-10(2)15(9)14(18)11-6-7-12(16)13(17)8-11/h6-10,16-17H,3-5H2,1-2H3. The molecule has 18 heavy (non-hydrogen) atoms. The molecule has 0 saturated carbocycles. The second-order valence-electron chi connectivity index (χ2n) is 5.04. The third kappa shape index (κ3) is 2.28. The Balaban J connectivity index is 2.26. The molecule has 0 radical (unpaired) electrons. The zero-order chi connectivity index (χ0) is 13.3. The van der Waals surface area contributed by atoms with Gasteiger partial charge in [0.15, 0.2) is 11.5 Å². The molecule has 1 heterocycles. The van der Waals surface area contributed by atoms with Crippen molar-refractivity contribution in [2.75, 3.05) is 0 Å². The van der Waals surface area contributed by atoms with Gasteiger partial charge in [0.25, 0.3) is 5.91 Å². The molecule has 1 aromatic carbocycles. The maximum Gasteiger partial charge on any atom is 0.254 e. The molecular formula is C14H19NO3. The summed E-state index contributed by atoms with van der Waals surface area (Å²) in [7, 11) is 0. The zero-order valence-electron chi connectivity index (χ0n) is 10.8. The van der Waals surface area contributed by atoms with Gasteiger partial charge in [0.2, 0.25) is 0 Å². The average Bonchev–Trinajstić information content (AvgIpc) is 2.32. The highest BCUT2D eigenvalue weighted by molar-refractivity contribution is 5.95. The maximum atomic E-state index is 12.4. The van der Waals surface area contributed by atoms with Crippen molar-refractivity contribution >= 4 is 5.91 Å². The summed E-state index contributed by atoms with van der Waals surface area (Å²) in [5.41, 5.74) is 0.422. The van der Waals surface area contributed by atoms with Gasteiger partial charge in [-0.15, -0.1) is 0 Å². The molecule has 0 aliphatic carbocycles. The summed E-state index contributed by atoms with van der Waals surface area (Å²) in [5, 5.41) is 18.7. The highest BCUT2D eigenvalue weighted by atomic mass is 16.3. The van der Waals surface area contributed by atoms with Crippen LogP contribution in [0.4, 0.5) is 0 Å². The van der Waals surface area contributed by atoms with Gasteiger partial charge >= 0.3 is 0 Å². The van der Waals surface area contributed by atoms with Gasteiger partial charge in [-0.1, -0.05) is 0 Å². The Labute approximate surface area is 107 Å². The molecule has 0 aromatic heterocycles. The van der Waals surface area contributed by atoms with Crippen LogP contribution in [-0.4, -0.2) is 33.1 Å². The Kier molecular flexibility index (Phi) is 3.45. The van der Waals surface area contributed by atoms with Gasteiger partial charge in [-0.2, -0.15) is 0 Å². The summed E-state index contributed by atoms with van der Waals surface area (Å²) < 4.78 is 0. The molecule has 1 amide bonds. The van der Waals surface area contributed by atoms with Crippen LogP contribution in [-0.2, 0) is 0 Å². The second-order valence-corrected chi connectivity index (χ2v) is 5.04. The number of rotatable bonds is 1. The lowest BCUT2D eigenvalue weighted by Gasteiger charge is -2.39. The quantitative estimate of drug-likeness (QED) is 0.752. The number of nitrogens with zero attached hydrogens (tertiary/aromatic N) is 1. The third-order valence-electron chi connectivity index (χ3n) is 3.65. The molecule has 0 spiro atoms. The van der Waals surface area contributed by atoms with Crippen LogP contribution in [0.25, 0.3) is 0 Å². The number of hydrogen-bond donors (Lipinski definition) is 2. The minimum Gasteiger partial charge on any atom is -0.504 e. The van der Waals surface area contributed by atoms with E-state index in [1.54, 1.807) is 6.07 Å². The molecule has 1 fully saturated rings. The first-order valence-electron chi connectivity index (χ1n) is 6.35. The van der Waals surface area contributed by atoms with Crippen LogP contribution in [0.2, 0.25) is 0 Å². The van der Waals surface area contributed by atoms with Crippen LogP contribution in [0, 0.1) is 0 Å². The Morgan fingerprint density at radius 2 is 1.78 bits per heavy atom. The summed E-state index contributed by atoms with van der Waals surface area (Å²) in [4.78, 5) is 14.3. The van der Waals surface area contributed by atoms with E-state index in [0.717, 1.165) is 19.3 Å². The number of aromatic hydroxyl groups is 2. The minimum atomic E-state index is -0.252. The topological polar surface area (TPSA) is 60.8 Å². The molecule has 2 N–H and O–H groups in total. The summed E-state index contributed by atoms with van der Waals surface area (Å²) in [6.07, 6.45) is 3.17. The number of likely N-dealkylation sites (tertiary alicyclic amines) is 1. The Bertz CT molecular complexity index is 448. The molecule has 0 bridgehead atoms. The molecule has 4 heteroatoms. The number of phenolic OH excluding ortho intramolecular Hbond substituents is 2. The monoisotopic (exact) mass is 249 g/mol. The molecule has 1 saturated heterocycles. The lowest BCUT2D eigenvalue weighted by molar-refractivity contribution is 0.0510. The van der Waals surface area contributed by atoms with Crippen LogP contribution in [0.3, 0.4) is 0 Å². The van der Waals surface area contributed by atoms with Gasteiger partial charge in [-0.3, -0.25) is 4.79 Å². The first kappa shape index (κ1) is 12.7. The van der Waals surface area contributed by atoms with E-state index in [9.17, 15) is 15.0 Å². The average molecular weight is 249 g/mol. The predicted molar refractivity (Wildman–Crippen MR) is 68.7 cm³/mol. The van der Waals surface area contributed by atoms with E-state index < -0.39 is 0 Å². The predicted octanol–water partition coefficient (Wildman–Crippen LogP) is 2.50. The smallest absolute Gasteiger partial charge is 0.254 e. The van der Waals surface area contributed by atoms with Crippen molar-refractivity contribution in [1.82, 2.24) is 4.90 Å². The van der Waals surface area contributed by atoms with Gasteiger partial charge in [0, 0.05) is 17.6 Å². The number of piperidine rings is 1. The Hall–Kier alpha value is -1.71. The number of carbonyl (C=O) groups excluding carboxylic acids is 1. The van der Waals surface area contributed by atoms with E-state index in [1.807, 2.05) is 18.7 Å². The van der Waals surface area contributed by atoms with E-state index >= 15 is 0 Å². The minimum absolute atomic E-state index is 0.0787. The molecule has 98 valence electrons. The van der Waals surface area contributed by atoms with Gasteiger partial charge < -0.3 is 15.1 Å². The Morgan fingerprint density at radius 3 is 2.33 bits per heavy atom. The van der Waals surface area contributed by atoms with Crippen LogP contribution in [0.15, 0.2) is 18.2 Å². The SMILES string of the molecule is CC1CCCC(C)N1C(=O)c1ccc(O)c(O)c1. The lowest BCUT2D eigenvalue weighted by Crippen LogP contribution is -2.47. The number of carbonyl (C=O) groups is 1. The Morgan fingerprint density at radius 1 is 1.17 bits per heavy atom. The first-order chi connectivity index (χ1) is 8.50. The van der Waals surface area contributed by atoms with E-state index in [2.05, 4.69) is 0 Å².